The van der Waals surface area contributed by atoms with Gasteiger partial charge in [0, 0.05) is 24.4 Å². The van der Waals surface area contributed by atoms with Gasteiger partial charge < -0.3 is 5.73 Å². The van der Waals surface area contributed by atoms with Crippen molar-refractivity contribution in [3.8, 4) is 0 Å². The van der Waals surface area contributed by atoms with Crippen molar-refractivity contribution < 1.29 is 0 Å². The molecule has 0 saturated heterocycles. The standard InChI is InChI=1S/C13H20N4S/c1-2-3-4-7-17-13(12(10-14)15-16-17)9-11-6-5-8-18-11/h5-6,8H,2-4,7,9-10,14H2,1H3. The molecule has 0 bridgehead atoms. The van der Waals surface area contributed by atoms with Gasteiger partial charge in [-0.1, -0.05) is 31.0 Å². The number of hydrogen-bond donors (Lipinski definition) is 1. The zero-order chi connectivity index (χ0) is 12.8. The van der Waals surface area contributed by atoms with Crippen LogP contribution in [0.25, 0.3) is 0 Å². The van der Waals surface area contributed by atoms with Crippen LogP contribution >= 0.6 is 11.3 Å². The second-order valence-corrected chi connectivity index (χ2v) is 5.41. The minimum absolute atomic E-state index is 0.467. The molecule has 5 heteroatoms. The Morgan fingerprint density at radius 3 is 2.94 bits per heavy atom. The lowest BCUT2D eigenvalue weighted by atomic mass is 10.2. The van der Waals surface area contributed by atoms with Crippen molar-refractivity contribution >= 4 is 11.3 Å². The minimum Gasteiger partial charge on any atom is -0.325 e. The van der Waals surface area contributed by atoms with Crippen molar-refractivity contribution in [3.63, 3.8) is 0 Å². The highest BCUT2D eigenvalue weighted by Crippen LogP contribution is 2.17. The third-order valence-electron chi connectivity index (χ3n) is 3.01. The molecule has 2 rings (SSSR count). The molecule has 0 aliphatic heterocycles. The predicted molar refractivity (Wildman–Crippen MR) is 74.6 cm³/mol. The Hall–Kier alpha value is -1.20. The number of aryl methyl sites for hydroxylation is 1. The van der Waals surface area contributed by atoms with E-state index < -0.39 is 0 Å². The van der Waals surface area contributed by atoms with E-state index in [9.17, 15) is 0 Å². The van der Waals surface area contributed by atoms with Gasteiger partial charge in [-0.15, -0.1) is 16.4 Å². The summed E-state index contributed by atoms with van der Waals surface area (Å²) < 4.78 is 2.03. The van der Waals surface area contributed by atoms with Crippen molar-refractivity contribution in [1.29, 1.82) is 0 Å². The Morgan fingerprint density at radius 1 is 1.39 bits per heavy atom. The molecule has 0 aromatic carbocycles. The second-order valence-electron chi connectivity index (χ2n) is 4.37. The van der Waals surface area contributed by atoms with E-state index in [-0.39, 0.29) is 0 Å². The fraction of sp³-hybridized carbons (Fsp3) is 0.538. The van der Waals surface area contributed by atoms with E-state index in [2.05, 4.69) is 34.7 Å². The van der Waals surface area contributed by atoms with E-state index in [4.69, 9.17) is 5.73 Å². The van der Waals surface area contributed by atoms with Gasteiger partial charge in [-0.2, -0.15) is 0 Å². The molecule has 2 N–H and O–H groups in total. The van der Waals surface area contributed by atoms with Crippen LogP contribution in [0.1, 0.15) is 42.5 Å². The number of nitrogens with two attached hydrogens (primary N) is 1. The van der Waals surface area contributed by atoms with E-state index >= 15 is 0 Å². The SMILES string of the molecule is CCCCCn1nnc(CN)c1Cc1cccs1. The van der Waals surface area contributed by atoms with Crippen LogP contribution in [0.3, 0.4) is 0 Å². The Morgan fingerprint density at radius 2 is 2.28 bits per heavy atom. The van der Waals surface area contributed by atoms with Crippen LogP contribution in [0.4, 0.5) is 0 Å². The lowest BCUT2D eigenvalue weighted by Gasteiger charge is -2.06. The zero-order valence-corrected chi connectivity index (χ0v) is 11.6. The lowest BCUT2D eigenvalue weighted by Crippen LogP contribution is -2.08. The van der Waals surface area contributed by atoms with E-state index in [1.807, 2.05) is 4.68 Å². The number of nitrogens with zero attached hydrogens (tertiary/aromatic N) is 3. The Labute approximate surface area is 112 Å². The summed E-state index contributed by atoms with van der Waals surface area (Å²) in [5.74, 6) is 0. The molecule has 0 amide bonds. The van der Waals surface area contributed by atoms with Crippen molar-refractivity contribution in [2.45, 2.75) is 45.7 Å². The molecule has 98 valence electrons. The second kappa shape index (κ2) is 6.66. The van der Waals surface area contributed by atoms with Gasteiger partial charge in [-0.25, -0.2) is 4.68 Å². The topological polar surface area (TPSA) is 56.7 Å². The number of thiophene rings is 1. The number of rotatable bonds is 7. The zero-order valence-electron chi connectivity index (χ0n) is 10.8. The molecule has 4 nitrogen and oxygen atoms in total. The van der Waals surface area contributed by atoms with Crippen LogP contribution in [0.2, 0.25) is 0 Å². The monoisotopic (exact) mass is 264 g/mol. The molecule has 0 atom stereocenters. The first-order chi connectivity index (χ1) is 8.85. The highest BCUT2D eigenvalue weighted by molar-refractivity contribution is 7.09. The van der Waals surface area contributed by atoms with Crippen LogP contribution in [0, 0.1) is 0 Å². The van der Waals surface area contributed by atoms with E-state index in [0.29, 0.717) is 6.54 Å². The lowest BCUT2D eigenvalue weighted by molar-refractivity contribution is 0.523. The van der Waals surface area contributed by atoms with Gasteiger partial charge in [0.25, 0.3) is 0 Å². The summed E-state index contributed by atoms with van der Waals surface area (Å²) in [6.45, 7) is 3.62. The van der Waals surface area contributed by atoms with Gasteiger partial charge in [0.1, 0.15) is 0 Å². The normalized spacial score (nSPS) is 11.0. The minimum atomic E-state index is 0.467. The Kier molecular flexibility index (Phi) is 4.90. The quantitative estimate of drug-likeness (QED) is 0.782. The third kappa shape index (κ3) is 3.17. The van der Waals surface area contributed by atoms with Gasteiger partial charge in [-0.05, 0) is 17.9 Å². The molecule has 0 unspecified atom stereocenters. The van der Waals surface area contributed by atoms with Crippen LogP contribution in [-0.2, 0) is 19.5 Å². The van der Waals surface area contributed by atoms with Crippen LogP contribution in [-0.4, -0.2) is 15.0 Å². The highest BCUT2D eigenvalue weighted by Gasteiger charge is 2.12. The number of aromatic nitrogens is 3. The molecule has 0 spiro atoms. The molecule has 0 radical (unpaired) electrons. The summed E-state index contributed by atoms with van der Waals surface area (Å²) in [5, 5.41) is 10.5. The summed E-state index contributed by atoms with van der Waals surface area (Å²) in [5.41, 5.74) is 7.84. The van der Waals surface area contributed by atoms with Crippen molar-refractivity contribution in [3.05, 3.63) is 33.8 Å². The van der Waals surface area contributed by atoms with E-state index in [1.54, 1.807) is 11.3 Å². The molecule has 2 aromatic rings. The summed E-state index contributed by atoms with van der Waals surface area (Å²) in [7, 11) is 0. The van der Waals surface area contributed by atoms with Crippen molar-refractivity contribution in [2.75, 3.05) is 0 Å². The smallest absolute Gasteiger partial charge is 0.0998 e. The van der Waals surface area contributed by atoms with E-state index in [0.717, 1.165) is 25.1 Å². The largest absolute Gasteiger partial charge is 0.325 e. The van der Waals surface area contributed by atoms with Gasteiger partial charge in [-0.3, -0.25) is 0 Å². The predicted octanol–water partition coefficient (Wildman–Crippen LogP) is 2.58. The van der Waals surface area contributed by atoms with Crippen molar-refractivity contribution in [2.24, 2.45) is 5.73 Å². The molecule has 0 fully saturated rings. The first-order valence-electron chi connectivity index (χ1n) is 6.48. The summed E-state index contributed by atoms with van der Waals surface area (Å²) >= 11 is 1.77. The fourth-order valence-corrected chi connectivity index (χ4v) is 2.70. The van der Waals surface area contributed by atoms with Gasteiger partial charge >= 0.3 is 0 Å². The molecule has 18 heavy (non-hydrogen) atoms. The molecule has 2 heterocycles. The fourth-order valence-electron chi connectivity index (χ4n) is 1.99. The first-order valence-corrected chi connectivity index (χ1v) is 7.36. The van der Waals surface area contributed by atoms with E-state index in [1.165, 1.54) is 23.4 Å². The van der Waals surface area contributed by atoms with Crippen LogP contribution in [0.5, 0.6) is 0 Å². The first kappa shape index (κ1) is 13.2. The molecule has 0 saturated carbocycles. The van der Waals surface area contributed by atoms with Gasteiger partial charge in [0.05, 0.1) is 11.4 Å². The summed E-state index contributed by atoms with van der Waals surface area (Å²) in [6.07, 6.45) is 4.50. The Bertz CT molecular complexity index is 461. The van der Waals surface area contributed by atoms with Gasteiger partial charge in [0.2, 0.25) is 0 Å². The third-order valence-corrected chi connectivity index (χ3v) is 3.88. The Balaban J connectivity index is 2.11. The summed E-state index contributed by atoms with van der Waals surface area (Å²) in [4.78, 5) is 1.34. The average molecular weight is 264 g/mol. The van der Waals surface area contributed by atoms with Crippen LogP contribution < -0.4 is 5.73 Å². The maximum atomic E-state index is 5.74. The van der Waals surface area contributed by atoms with Gasteiger partial charge in [0.15, 0.2) is 0 Å². The maximum Gasteiger partial charge on any atom is 0.0998 e. The number of unbranched alkanes of at least 4 members (excludes halogenated alkanes) is 2. The maximum absolute atomic E-state index is 5.74. The van der Waals surface area contributed by atoms with Crippen molar-refractivity contribution in [1.82, 2.24) is 15.0 Å². The molecular weight excluding hydrogens is 244 g/mol. The molecule has 2 aromatic heterocycles. The highest BCUT2D eigenvalue weighted by atomic mass is 32.1. The molecule has 0 aliphatic rings. The van der Waals surface area contributed by atoms with Crippen LogP contribution in [0.15, 0.2) is 17.5 Å². The summed E-state index contributed by atoms with van der Waals surface area (Å²) in [6, 6.07) is 4.22. The molecular formula is C13H20N4S. The average Bonchev–Trinajstić information content (AvgIpc) is 3.01. The molecule has 0 aliphatic carbocycles. The number of hydrogen-bond acceptors (Lipinski definition) is 4.